The highest BCUT2D eigenvalue weighted by Gasteiger charge is 2.83. The van der Waals surface area contributed by atoms with Crippen LogP contribution in [-0.4, -0.2) is 36.2 Å². The Bertz CT molecular complexity index is 841. The van der Waals surface area contributed by atoms with Crippen molar-refractivity contribution in [3.63, 3.8) is 0 Å². The van der Waals surface area contributed by atoms with Crippen molar-refractivity contribution in [3.8, 4) is 0 Å². The molecular formula is C19H26F9NO3S. The Hall–Kier alpha value is -1.57. The normalized spacial score (nSPS) is 13.6. The van der Waals surface area contributed by atoms with Gasteiger partial charge >= 0.3 is 23.3 Å². The summed E-state index contributed by atoms with van der Waals surface area (Å²) in [4.78, 5) is 0. The van der Waals surface area contributed by atoms with E-state index in [-0.39, 0.29) is 0 Å². The largest absolute Gasteiger partial charge is 0.743 e. The molecule has 0 aliphatic carbocycles. The zero-order valence-corrected chi connectivity index (χ0v) is 18.9. The zero-order chi connectivity index (χ0) is 26.3. The van der Waals surface area contributed by atoms with Crippen LogP contribution in [-0.2, 0) is 16.7 Å². The van der Waals surface area contributed by atoms with Gasteiger partial charge in [0.15, 0.2) is 22.5 Å². The van der Waals surface area contributed by atoms with Crippen LogP contribution in [0.3, 0.4) is 0 Å². The summed E-state index contributed by atoms with van der Waals surface area (Å²) >= 11 is 0. The molecule has 4 nitrogen and oxygen atoms in total. The number of halogens is 9. The molecule has 0 aromatic carbocycles. The van der Waals surface area contributed by atoms with Gasteiger partial charge in [-0.15, -0.1) is 0 Å². The number of pyridine rings is 1. The Labute approximate surface area is 186 Å². The highest BCUT2D eigenvalue weighted by molar-refractivity contribution is 7.86. The van der Waals surface area contributed by atoms with Crippen molar-refractivity contribution in [2.45, 2.75) is 82.7 Å². The minimum absolute atomic E-state index is 0.867. The molecule has 1 rings (SSSR count). The van der Waals surface area contributed by atoms with Gasteiger partial charge in [0, 0.05) is 18.1 Å². The fraction of sp³-hybridized carbons (Fsp3) is 0.737. The number of nitrogens with zero attached hydrogens (tertiary/aromatic N) is 1. The van der Waals surface area contributed by atoms with Crippen molar-refractivity contribution in [1.82, 2.24) is 0 Å². The Kier molecular flexibility index (Phi) is 11.2. The van der Waals surface area contributed by atoms with Crippen LogP contribution in [0.25, 0.3) is 0 Å². The van der Waals surface area contributed by atoms with E-state index in [2.05, 4.69) is 49.9 Å². The average Bonchev–Trinajstić information content (AvgIpc) is 2.62. The molecule has 0 radical (unpaired) electrons. The molecule has 194 valence electrons. The summed E-state index contributed by atoms with van der Waals surface area (Å²) in [6.07, 6.45) is 4.10. The molecule has 0 spiro atoms. The van der Waals surface area contributed by atoms with Gasteiger partial charge in [0.25, 0.3) is 0 Å². The lowest BCUT2D eigenvalue weighted by atomic mass is 10.0. The highest BCUT2D eigenvalue weighted by atomic mass is 32.2. The second-order valence-corrected chi connectivity index (χ2v) is 9.25. The molecule has 0 atom stereocenters. The third-order valence-electron chi connectivity index (χ3n) is 4.38. The molecule has 33 heavy (non-hydrogen) atoms. The lowest BCUT2D eigenvalue weighted by Gasteiger charge is -2.34. The molecule has 0 aliphatic heterocycles. The van der Waals surface area contributed by atoms with Crippen molar-refractivity contribution >= 4 is 10.1 Å². The van der Waals surface area contributed by atoms with Crippen molar-refractivity contribution in [2.24, 2.45) is 5.92 Å². The van der Waals surface area contributed by atoms with E-state index in [1.165, 1.54) is 44.2 Å². The maximum absolute atomic E-state index is 12.2. The maximum Gasteiger partial charge on any atom is 0.460 e. The predicted molar refractivity (Wildman–Crippen MR) is 99.9 cm³/mol. The number of aromatic nitrogens is 1. The lowest BCUT2D eigenvalue weighted by molar-refractivity contribution is -0.697. The van der Waals surface area contributed by atoms with E-state index in [9.17, 15) is 52.5 Å². The number of alkyl halides is 9. The van der Waals surface area contributed by atoms with Crippen molar-refractivity contribution < 1.29 is 57.1 Å². The van der Waals surface area contributed by atoms with Crippen LogP contribution in [0.1, 0.15) is 51.5 Å². The van der Waals surface area contributed by atoms with E-state index in [0.29, 0.717) is 0 Å². The topological polar surface area (TPSA) is 61.1 Å². The number of hydrogen-bond donors (Lipinski definition) is 0. The van der Waals surface area contributed by atoms with E-state index in [4.69, 9.17) is 0 Å². The molecule has 0 aliphatic rings. The number of rotatable bonds is 10. The van der Waals surface area contributed by atoms with Crippen LogP contribution in [0.15, 0.2) is 24.5 Å². The zero-order valence-electron chi connectivity index (χ0n) is 18.1. The Morgan fingerprint density at radius 2 is 1.42 bits per heavy atom. The van der Waals surface area contributed by atoms with Gasteiger partial charge in [0.05, 0.1) is 0 Å². The molecule has 0 saturated heterocycles. The number of aryl methyl sites for hydroxylation is 2. The smallest absolute Gasteiger partial charge is 0.460 e. The first-order valence-corrected chi connectivity index (χ1v) is 11.2. The maximum atomic E-state index is 12.2. The first-order chi connectivity index (χ1) is 14.7. The first-order valence-electron chi connectivity index (χ1n) is 9.79. The lowest BCUT2D eigenvalue weighted by Crippen LogP contribution is -2.63. The molecule has 1 heterocycles. The van der Waals surface area contributed by atoms with Crippen LogP contribution in [0.5, 0.6) is 0 Å². The van der Waals surface area contributed by atoms with Gasteiger partial charge in [0.2, 0.25) is 0 Å². The van der Waals surface area contributed by atoms with E-state index in [1.807, 2.05) is 0 Å². The minimum atomic E-state index is -7.43. The summed E-state index contributed by atoms with van der Waals surface area (Å²) in [6.45, 7) is 7.94. The summed E-state index contributed by atoms with van der Waals surface area (Å²) in [5.41, 5.74) is 1.35. The van der Waals surface area contributed by atoms with Crippen molar-refractivity contribution in [1.29, 1.82) is 0 Å². The number of unbranched alkanes of at least 4 members (excludes halogenated alkanes) is 3. The molecule has 0 bridgehead atoms. The van der Waals surface area contributed by atoms with Gasteiger partial charge in [-0.05, 0) is 25.3 Å². The van der Waals surface area contributed by atoms with Gasteiger partial charge in [-0.3, -0.25) is 0 Å². The predicted octanol–water partition coefficient (Wildman–Crippen LogP) is 5.85. The van der Waals surface area contributed by atoms with Crippen LogP contribution < -0.4 is 4.57 Å². The summed E-state index contributed by atoms with van der Waals surface area (Å²) in [7, 11) is -7.42. The SMILES string of the molecule is Cc1ccc[n+](CCCCCCC(C)C)c1.O=S(=O)([O-])C(F)(F)C(F)(F)C(F)(F)C(F)(F)F. The summed E-state index contributed by atoms with van der Waals surface area (Å²) < 4.78 is 138. The summed E-state index contributed by atoms with van der Waals surface area (Å²) in [5, 5.41) is -7.11. The van der Waals surface area contributed by atoms with Crippen LogP contribution >= 0.6 is 0 Å². The molecule has 0 amide bonds. The van der Waals surface area contributed by atoms with Crippen LogP contribution in [0.2, 0.25) is 0 Å². The molecule has 0 N–H and O–H groups in total. The molecule has 0 saturated carbocycles. The van der Waals surface area contributed by atoms with E-state index >= 15 is 0 Å². The van der Waals surface area contributed by atoms with Crippen LogP contribution in [0, 0.1) is 12.8 Å². The minimum Gasteiger partial charge on any atom is -0.743 e. The molecular weight excluding hydrogens is 493 g/mol. The highest BCUT2D eigenvalue weighted by Crippen LogP contribution is 2.54. The average molecular weight is 519 g/mol. The third-order valence-corrected chi connectivity index (χ3v) is 5.27. The van der Waals surface area contributed by atoms with E-state index in [1.54, 1.807) is 0 Å². The van der Waals surface area contributed by atoms with Gasteiger partial charge in [-0.25, -0.2) is 13.0 Å². The molecule has 0 fully saturated rings. The molecule has 0 unspecified atom stereocenters. The monoisotopic (exact) mass is 519 g/mol. The summed E-state index contributed by atoms with van der Waals surface area (Å²) in [6, 6.07) is 4.28. The first kappa shape index (κ1) is 31.4. The number of hydrogen-bond acceptors (Lipinski definition) is 3. The van der Waals surface area contributed by atoms with E-state index < -0.39 is 33.4 Å². The Morgan fingerprint density at radius 1 is 0.909 bits per heavy atom. The van der Waals surface area contributed by atoms with Crippen LogP contribution in [0.4, 0.5) is 39.5 Å². The third kappa shape index (κ3) is 8.62. The quantitative estimate of drug-likeness (QED) is 0.169. The molecule has 1 aromatic rings. The molecule has 1 aromatic heterocycles. The summed E-state index contributed by atoms with van der Waals surface area (Å²) in [5.74, 6) is -14.0. The Morgan fingerprint density at radius 3 is 1.85 bits per heavy atom. The second kappa shape index (κ2) is 11.7. The van der Waals surface area contributed by atoms with Gasteiger partial charge < -0.3 is 4.55 Å². The second-order valence-electron chi connectivity index (χ2n) is 7.83. The van der Waals surface area contributed by atoms with E-state index in [0.717, 1.165) is 5.92 Å². The fourth-order valence-corrected chi connectivity index (χ4v) is 2.95. The van der Waals surface area contributed by atoms with Gasteiger partial charge in [-0.1, -0.05) is 33.1 Å². The standard InChI is InChI=1S/C15H26N.C4HF9O3S/c1-14(2)9-6-4-5-7-11-16-12-8-10-15(3)13-16;5-1(6,3(9,10)11)2(7,8)4(12,13)17(14,15)16/h8,10,12-14H,4-7,9,11H2,1-3H3;(H,14,15,16)/q+1;/p-1. The Balaban J connectivity index is 0.000000621. The van der Waals surface area contributed by atoms with Crippen molar-refractivity contribution in [2.75, 3.05) is 0 Å². The van der Waals surface area contributed by atoms with Gasteiger partial charge in [-0.2, -0.15) is 39.5 Å². The fourth-order valence-electron chi connectivity index (χ4n) is 2.51. The van der Waals surface area contributed by atoms with Gasteiger partial charge in [0.1, 0.15) is 6.54 Å². The van der Waals surface area contributed by atoms with Crippen molar-refractivity contribution in [3.05, 3.63) is 30.1 Å². The molecule has 14 heteroatoms.